The number of carboxylic acids is 1. The maximum atomic E-state index is 12.4. The molecule has 0 aromatic heterocycles. The maximum absolute atomic E-state index is 12.4. The highest BCUT2D eigenvalue weighted by Gasteiger charge is 2.39. The van der Waals surface area contributed by atoms with E-state index in [1.807, 2.05) is 0 Å². The van der Waals surface area contributed by atoms with E-state index in [9.17, 15) is 9.59 Å². The highest BCUT2D eigenvalue weighted by atomic mass is 35.5. The zero-order valence-corrected chi connectivity index (χ0v) is 14.3. The van der Waals surface area contributed by atoms with Gasteiger partial charge in [0, 0.05) is 22.6 Å². The van der Waals surface area contributed by atoms with Crippen molar-refractivity contribution in [3.05, 3.63) is 33.8 Å². The Labute approximate surface area is 144 Å². The molecule has 126 valence electrons. The van der Waals surface area contributed by atoms with Crippen LogP contribution in [0.2, 0.25) is 10.0 Å². The van der Waals surface area contributed by atoms with E-state index < -0.39 is 11.5 Å². The molecule has 0 saturated carbocycles. The molecule has 0 bridgehead atoms. The minimum atomic E-state index is -0.954. The van der Waals surface area contributed by atoms with Crippen LogP contribution in [0.1, 0.15) is 25.3 Å². The van der Waals surface area contributed by atoms with Gasteiger partial charge in [-0.1, -0.05) is 36.2 Å². The van der Waals surface area contributed by atoms with Gasteiger partial charge in [0.2, 0.25) is 5.91 Å². The molecule has 1 fully saturated rings. The fourth-order valence-electron chi connectivity index (χ4n) is 2.67. The van der Waals surface area contributed by atoms with Crippen molar-refractivity contribution in [2.75, 3.05) is 13.2 Å². The molecule has 1 amide bonds. The van der Waals surface area contributed by atoms with Crippen LogP contribution in [-0.4, -0.2) is 35.7 Å². The maximum Gasteiger partial charge on any atom is 0.305 e. The van der Waals surface area contributed by atoms with Crippen molar-refractivity contribution in [2.45, 2.75) is 31.7 Å². The summed E-state index contributed by atoms with van der Waals surface area (Å²) in [7, 11) is 0. The van der Waals surface area contributed by atoms with E-state index in [0.717, 1.165) is 5.56 Å². The van der Waals surface area contributed by atoms with Crippen molar-refractivity contribution in [2.24, 2.45) is 5.92 Å². The van der Waals surface area contributed by atoms with Crippen LogP contribution in [0, 0.1) is 5.92 Å². The second kappa shape index (κ2) is 7.51. The van der Waals surface area contributed by atoms with Crippen molar-refractivity contribution in [3.8, 4) is 0 Å². The number of rotatable bonds is 6. The third kappa shape index (κ3) is 4.83. The van der Waals surface area contributed by atoms with Gasteiger partial charge >= 0.3 is 5.97 Å². The fraction of sp³-hybridized carbons (Fsp3) is 0.500. The van der Waals surface area contributed by atoms with Crippen molar-refractivity contribution in [1.29, 1.82) is 0 Å². The lowest BCUT2D eigenvalue weighted by Crippen LogP contribution is -2.52. The van der Waals surface area contributed by atoms with Gasteiger partial charge in [-0.25, -0.2) is 0 Å². The van der Waals surface area contributed by atoms with Gasteiger partial charge in [0.05, 0.1) is 18.6 Å². The highest BCUT2D eigenvalue weighted by molar-refractivity contribution is 6.35. The molecule has 2 unspecified atom stereocenters. The molecule has 0 spiro atoms. The van der Waals surface area contributed by atoms with E-state index in [2.05, 4.69) is 5.32 Å². The number of carbonyl (C=O) groups is 2. The molecule has 2 atom stereocenters. The third-order valence-electron chi connectivity index (χ3n) is 3.97. The summed E-state index contributed by atoms with van der Waals surface area (Å²) in [6.45, 7) is 2.45. The molecule has 2 N–H and O–H groups in total. The van der Waals surface area contributed by atoms with Crippen LogP contribution in [-0.2, 0) is 20.7 Å². The van der Waals surface area contributed by atoms with Crippen molar-refractivity contribution >= 4 is 35.1 Å². The predicted molar refractivity (Wildman–Crippen MR) is 87.9 cm³/mol. The molecular formula is C16H19Cl2NO4. The van der Waals surface area contributed by atoms with E-state index in [0.29, 0.717) is 29.5 Å². The highest BCUT2D eigenvalue weighted by Crippen LogP contribution is 2.26. The molecule has 1 aromatic rings. The van der Waals surface area contributed by atoms with E-state index in [4.69, 9.17) is 33.0 Å². The van der Waals surface area contributed by atoms with Crippen molar-refractivity contribution < 1.29 is 19.4 Å². The Morgan fingerprint density at radius 3 is 2.74 bits per heavy atom. The third-order valence-corrected chi connectivity index (χ3v) is 4.56. The van der Waals surface area contributed by atoms with Gasteiger partial charge in [0.15, 0.2) is 0 Å². The van der Waals surface area contributed by atoms with Gasteiger partial charge in [-0.15, -0.1) is 0 Å². The molecule has 1 aliphatic heterocycles. The smallest absolute Gasteiger partial charge is 0.305 e. The van der Waals surface area contributed by atoms with Crippen molar-refractivity contribution in [3.63, 3.8) is 0 Å². The summed E-state index contributed by atoms with van der Waals surface area (Å²) >= 11 is 12.0. The number of amides is 1. The Bertz CT molecular complexity index is 600. The summed E-state index contributed by atoms with van der Waals surface area (Å²) in [5, 5.41) is 13.0. The molecule has 2 rings (SSSR count). The summed E-state index contributed by atoms with van der Waals surface area (Å²) in [6, 6.07) is 5.16. The molecule has 1 aromatic carbocycles. The largest absolute Gasteiger partial charge is 0.481 e. The summed E-state index contributed by atoms with van der Waals surface area (Å²) < 4.78 is 5.28. The van der Waals surface area contributed by atoms with E-state index in [-0.39, 0.29) is 24.9 Å². The molecule has 7 heteroatoms. The van der Waals surface area contributed by atoms with Gasteiger partial charge in [-0.2, -0.15) is 0 Å². The number of hydrogen-bond donors (Lipinski definition) is 2. The van der Waals surface area contributed by atoms with Gasteiger partial charge in [0.25, 0.3) is 0 Å². The number of benzene rings is 1. The first-order valence-electron chi connectivity index (χ1n) is 7.37. The molecule has 1 saturated heterocycles. The average Bonchev–Trinajstić information content (AvgIpc) is 2.89. The number of ether oxygens (including phenoxy) is 1. The van der Waals surface area contributed by atoms with E-state index in [1.54, 1.807) is 25.1 Å². The quantitative estimate of drug-likeness (QED) is 0.818. The first-order chi connectivity index (χ1) is 10.8. The number of carbonyl (C=O) groups excluding carboxylic acids is 1. The first kappa shape index (κ1) is 18.0. The minimum Gasteiger partial charge on any atom is -0.481 e. The van der Waals surface area contributed by atoms with Gasteiger partial charge in [-0.3, -0.25) is 9.59 Å². The van der Waals surface area contributed by atoms with E-state index >= 15 is 0 Å². The fourth-order valence-corrected chi connectivity index (χ4v) is 3.16. The first-order valence-corrected chi connectivity index (χ1v) is 8.12. The second-order valence-electron chi connectivity index (χ2n) is 5.98. The Hall–Kier alpha value is -1.30. The summed E-state index contributed by atoms with van der Waals surface area (Å²) in [4.78, 5) is 23.5. The van der Waals surface area contributed by atoms with Crippen LogP contribution in [0.25, 0.3) is 0 Å². The van der Waals surface area contributed by atoms with Crippen LogP contribution in [0.4, 0.5) is 0 Å². The summed E-state index contributed by atoms with van der Waals surface area (Å²) in [5.41, 5.74) is 0.00899. The Morgan fingerprint density at radius 2 is 2.17 bits per heavy atom. The predicted octanol–water partition coefficient (Wildman–Crippen LogP) is 2.92. The van der Waals surface area contributed by atoms with Crippen molar-refractivity contribution in [1.82, 2.24) is 5.32 Å². The molecular weight excluding hydrogens is 341 g/mol. The number of halogens is 2. The molecule has 0 radical (unpaired) electrons. The van der Waals surface area contributed by atoms with Gasteiger partial charge in [-0.05, 0) is 30.5 Å². The zero-order chi connectivity index (χ0) is 17.0. The van der Waals surface area contributed by atoms with Crippen LogP contribution in [0.5, 0.6) is 0 Å². The van der Waals surface area contributed by atoms with Crippen LogP contribution in [0.15, 0.2) is 18.2 Å². The lowest BCUT2D eigenvalue weighted by molar-refractivity contribution is -0.139. The van der Waals surface area contributed by atoms with Crippen LogP contribution < -0.4 is 5.32 Å². The molecule has 1 heterocycles. The Balaban J connectivity index is 2.02. The number of carboxylic acid groups (broad SMARTS) is 1. The zero-order valence-electron chi connectivity index (χ0n) is 12.8. The van der Waals surface area contributed by atoms with Gasteiger partial charge < -0.3 is 15.2 Å². The molecule has 5 nitrogen and oxygen atoms in total. The summed E-state index contributed by atoms with van der Waals surface area (Å²) in [5.74, 6) is -1.51. The van der Waals surface area contributed by atoms with Gasteiger partial charge in [0.1, 0.15) is 0 Å². The average molecular weight is 360 g/mol. The monoisotopic (exact) mass is 359 g/mol. The lowest BCUT2D eigenvalue weighted by atomic mass is 9.92. The Kier molecular flexibility index (Phi) is 5.89. The Morgan fingerprint density at radius 1 is 1.43 bits per heavy atom. The van der Waals surface area contributed by atoms with Crippen LogP contribution in [0.3, 0.4) is 0 Å². The SMILES string of the molecule is CC(Cc1ccc(Cl)cc1Cl)C(=O)NC1(CC(=O)O)CCOC1. The normalized spacial score (nSPS) is 21.9. The number of aliphatic carboxylic acids is 1. The minimum absolute atomic E-state index is 0.146. The van der Waals surface area contributed by atoms with E-state index in [1.165, 1.54) is 0 Å². The molecule has 1 aliphatic rings. The second-order valence-corrected chi connectivity index (χ2v) is 6.83. The standard InChI is InChI=1S/C16H19Cl2NO4/c1-10(6-11-2-3-12(17)7-13(11)18)15(22)19-16(8-14(20)21)4-5-23-9-16/h2-3,7,10H,4-6,8-9H2,1H3,(H,19,22)(H,20,21). The topological polar surface area (TPSA) is 75.6 Å². The number of nitrogens with one attached hydrogen (secondary N) is 1. The van der Waals surface area contributed by atoms with Crippen LogP contribution >= 0.6 is 23.2 Å². The molecule has 0 aliphatic carbocycles. The number of hydrogen-bond acceptors (Lipinski definition) is 3. The molecule has 23 heavy (non-hydrogen) atoms. The summed E-state index contributed by atoms with van der Waals surface area (Å²) in [6.07, 6.45) is 0.804. The lowest BCUT2D eigenvalue weighted by Gasteiger charge is -2.28.